The molecule has 2 heterocycles. The van der Waals surface area contributed by atoms with E-state index in [9.17, 15) is 9.59 Å². The Morgan fingerprint density at radius 1 is 0.923 bits per heavy atom. The van der Waals surface area contributed by atoms with Crippen LogP contribution in [-0.4, -0.2) is 26.9 Å². The number of nitrogens with zero attached hydrogens (tertiary/aromatic N) is 2. The van der Waals surface area contributed by atoms with Crippen LogP contribution in [0.2, 0.25) is 0 Å². The summed E-state index contributed by atoms with van der Waals surface area (Å²) in [6.45, 7) is 14.2. The second kappa shape index (κ2) is 10.2. The molecule has 0 radical (unpaired) electrons. The van der Waals surface area contributed by atoms with Crippen molar-refractivity contribution in [2.45, 2.75) is 59.3 Å². The van der Waals surface area contributed by atoms with Crippen molar-refractivity contribution >= 4 is 67.2 Å². The number of carbonyl (C=O) groups excluding carboxylic acids is 2. The van der Waals surface area contributed by atoms with Crippen molar-refractivity contribution in [1.82, 2.24) is 9.97 Å². The zero-order valence-corrected chi connectivity index (χ0v) is 21.1. The van der Waals surface area contributed by atoms with E-state index in [0.717, 1.165) is 9.75 Å². The first-order valence-corrected chi connectivity index (χ1v) is 10.6. The molecule has 0 unspecified atom stereocenters. The number of hydrogen-bond donors (Lipinski definition) is 0. The molecule has 2 aromatic rings. The van der Waals surface area contributed by atoms with Crippen molar-refractivity contribution in [2.24, 2.45) is 0 Å². The van der Waals surface area contributed by atoms with Crippen LogP contribution in [0.25, 0.3) is 0 Å². The van der Waals surface area contributed by atoms with Crippen molar-refractivity contribution in [1.29, 1.82) is 0 Å². The van der Waals surface area contributed by atoms with Gasteiger partial charge >= 0.3 is 0 Å². The Balaban J connectivity index is 0.000000464. The Bertz CT molecular complexity index is 741. The van der Waals surface area contributed by atoms with Crippen molar-refractivity contribution in [3.05, 3.63) is 32.2 Å². The van der Waals surface area contributed by atoms with Crippen LogP contribution in [0.5, 0.6) is 0 Å². The maximum absolute atomic E-state index is 11.3. The molecule has 0 aliphatic heterocycles. The van der Waals surface area contributed by atoms with Gasteiger partial charge in [0.2, 0.25) is 5.78 Å². The number of Topliss-reactive ketones (excluding diaryl/α,β-unsaturated/α-hetero) is 2. The minimum atomic E-state index is 0. The van der Waals surface area contributed by atoms with E-state index in [1.807, 2.05) is 0 Å². The Kier molecular flexibility index (Phi) is 10.0. The molecular weight excluding hydrogens is 500 g/mol. The van der Waals surface area contributed by atoms with Crippen LogP contribution in [0.15, 0.2) is 12.4 Å². The number of ketones is 2. The quantitative estimate of drug-likeness (QED) is 0.351. The lowest BCUT2D eigenvalue weighted by Crippen LogP contribution is -2.08. The van der Waals surface area contributed by atoms with E-state index in [4.69, 9.17) is 0 Å². The van der Waals surface area contributed by atoms with E-state index in [-0.39, 0.29) is 39.4 Å². The second-order valence-electron chi connectivity index (χ2n) is 7.67. The molecule has 0 saturated heterocycles. The number of alkyl halides is 1. The molecule has 0 aliphatic carbocycles. The summed E-state index contributed by atoms with van der Waals surface area (Å²) in [6.07, 6.45) is 3.59. The van der Waals surface area contributed by atoms with E-state index in [2.05, 4.69) is 67.4 Å². The third kappa shape index (κ3) is 7.66. The third-order valence-electron chi connectivity index (χ3n) is 3.15. The highest BCUT2D eigenvalue weighted by atomic mass is 79.9. The Labute approximate surface area is 182 Å². The molecule has 2 aromatic heterocycles. The molecule has 26 heavy (non-hydrogen) atoms. The minimum absolute atomic E-state index is 0. The molecular formula is C18H26Br2N2O2S2. The monoisotopic (exact) mass is 524 g/mol. The lowest BCUT2D eigenvalue weighted by Gasteiger charge is -2.14. The molecule has 4 nitrogen and oxygen atoms in total. The van der Waals surface area contributed by atoms with E-state index in [0.29, 0.717) is 15.3 Å². The van der Waals surface area contributed by atoms with E-state index < -0.39 is 0 Å². The normalized spacial score (nSPS) is 11.2. The van der Waals surface area contributed by atoms with Crippen LogP contribution in [0, 0.1) is 0 Å². The summed E-state index contributed by atoms with van der Waals surface area (Å²) in [6, 6.07) is 0. The Morgan fingerprint density at radius 3 is 1.58 bits per heavy atom. The first-order valence-electron chi connectivity index (χ1n) is 7.89. The zero-order chi connectivity index (χ0) is 19.4. The molecule has 0 aliphatic rings. The maximum Gasteiger partial charge on any atom is 0.201 e. The summed E-state index contributed by atoms with van der Waals surface area (Å²) in [4.78, 5) is 32.6. The predicted octanol–water partition coefficient (Wildman–Crippen LogP) is 6.24. The average molecular weight is 526 g/mol. The average Bonchev–Trinajstić information content (AvgIpc) is 3.15. The van der Waals surface area contributed by atoms with Gasteiger partial charge in [0.15, 0.2) is 15.8 Å². The van der Waals surface area contributed by atoms with Gasteiger partial charge in [-0.25, -0.2) is 9.97 Å². The van der Waals surface area contributed by atoms with E-state index >= 15 is 0 Å². The Morgan fingerprint density at radius 2 is 1.31 bits per heavy atom. The summed E-state index contributed by atoms with van der Waals surface area (Å²) in [7, 11) is 0. The van der Waals surface area contributed by atoms with E-state index in [1.54, 1.807) is 19.3 Å². The molecule has 0 aromatic carbocycles. The standard InChI is InChI=1S/C9H12BrNOS.C9H13NOS.BrH/c1-9(2,3)7-5-11-8(13-7)6(12)4-10;1-6(11)8-10-5-7(12-8)9(2,3)4;/h5H,4H2,1-3H3;5H,1-4H3;1H. The predicted molar refractivity (Wildman–Crippen MR) is 120 cm³/mol. The van der Waals surface area contributed by atoms with Gasteiger partial charge in [0.1, 0.15) is 0 Å². The van der Waals surface area contributed by atoms with Gasteiger partial charge in [-0.3, -0.25) is 9.59 Å². The summed E-state index contributed by atoms with van der Waals surface area (Å²) >= 11 is 6.10. The molecule has 0 amide bonds. The van der Waals surface area contributed by atoms with Crippen molar-refractivity contribution in [2.75, 3.05) is 5.33 Å². The first-order chi connectivity index (χ1) is 11.4. The number of thiazole rings is 2. The molecule has 2 rings (SSSR count). The molecule has 146 valence electrons. The van der Waals surface area contributed by atoms with Gasteiger partial charge in [0, 0.05) is 29.1 Å². The fourth-order valence-electron chi connectivity index (χ4n) is 1.59. The fraction of sp³-hybridized carbons (Fsp3) is 0.556. The van der Waals surface area contributed by atoms with Gasteiger partial charge in [0.05, 0.1) is 5.33 Å². The Hall–Kier alpha value is -0.440. The molecule has 8 heteroatoms. The highest BCUT2D eigenvalue weighted by Crippen LogP contribution is 2.28. The fourth-order valence-corrected chi connectivity index (χ4v) is 3.82. The molecule has 0 N–H and O–H groups in total. The van der Waals surface area contributed by atoms with Gasteiger partial charge in [-0.2, -0.15) is 0 Å². The number of rotatable bonds is 3. The zero-order valence-electron chi connectivity index (χ0n) is 16.2. The summed E-state index contributed by atoms with van der Waals surface area (Å²) < 4.78 is 0. The lowest BCUT2D eigenvalue weighted by molar-refractivity contribution is 0.101. The molecule has 0 saturated carbocycles. The number of hydrogen-bond acceptors (Lipinski definition) is 6. The van der Waals surface area contributed by atoms with Crippen LogP contribution < -0.4 is 0 Å². The number of halogens is 2. The van der Waals surface area contributed by atoms with Crippen LogP contribution >= 0.6 is 55.6 Å². The highest BCUT2D eigenvalue weighted by molar-refractivity contribution is 9.09. The van der Waals surface area contributed by atoms with Gasteiger partial charge in [0.25, 0.3) is 0 Å². The van der Waals surface area contributed by atoms with Gasteiger partial charge in [-0.05, 0) is 10.8 Å². The SMILES string of the molecule is Br.CC(=O)c1ncc(C(C)(C)C)s1.CC(C)(C)c1cnc(C(=O)CBr)s1. The second-order valence-corrected chi connectivity index (χ2v) is 10.3. The van der Waals surface area contributed by atoms with Crippen molar-refractivity contribution in [3.63, 3.8) is 0 Å². The van der Waals surface area contributed by atoms with Gasteiger partial charge < -0.3 is 0 Å². The van der Waals surface area contributed by atoms with Crippen LogP contribution in [0.3, 0.4) is 0 Å². The van der Waals surface area contributed by atoms with Gasteiger partial charge in [-0.15, -0.1) is 39.7 Å². The molecule has 0 fully saturated rings. The molecule has 0 atom stereocenters. The summed E-state index contributed by atoms with van der Waals surface area (Å²) in [5.74, 6) is 0.107. The van der Waals surface area contributed by atoms with E-state index in [1.165, 1.54) is 22.7 Å². The molecule has 0 bridgehead atoms. The smallest absolute Gasteiger partial charge is 0.201 e. The van der Waals surface area contributed by atoms with Crippen LogP contribution in [0.1, 0.15) is 77.8 Å². The third-order valence-corrected chi connectivity index (χ3v) is 6.65. The topological polar surface area (TPSA) is 59.9 Å². The number of aromatic nitrogens is 2. The highest BCUT2D eigenvalue weighted by Gasteiger charge is 2.19. The van der Waals surface area contributed by atoms with Crippen molar-refractivity contribution in [3.8, 4) is 0 Å². The largest absolute Gasteiger partial charge is 0.292 e. The lowest BCUT2D eigenvalue weighted by atomic mass is 9.96. The van der Waals surface area contributed by atoms with Crippen LogP contribution in [-0.2, 0) is 10.8 Å². The first kappa shape index (κ1) is 25.6. The van der Waals surface area contributed by atoms with Crippen LogP contribution in [0.4, 0.5) is 0 Å². The van der Waals surface area contributed by atoms with Gasteiger partial charge in [-0.1, -0.05) is 57.5 Å². The summed E-state index contributed by atoms with van der Waals surface area (Å²) in [5, 5.41) is 1.56. The van der Waals surface area contributed by atoms with Crippen molar-refractivity contribution < 1.29 is 9.59 Å². The molecule has 0 spiro atoms. The summed E-state index contributed by atoms with van der Waals surface area (Å²) in [5.41, 5.74) is 0.188. The minimum Gasteiger partial charge on any atom is -0.292 e. The maximum atomic E-state index is 11.3. The number of carbonyl (C=O) groups is 2.